The normalized spacial score (nSPS) is 10.2. The van der Waals surface area contributed by atoms with Crippen LogP contribution in [0.2, 0.25) is 0 Å². The molecule has 0 atom stereocenters. The average molecular weight is 276 g/mol. The highest BCUT2D eigenvalue weighted by Crippen LogP contribution is 2.21. The number of nitrogens with one attached hydrogen (secondary N) is 1. The SMILES string of the molecule is CCOc1ncccc1NC(=O)CCc1cccs1. The van der Waals surface area contributed by atoms with Crippen LogP contribution in [-0.2, 0) is 11.2 Å². The number of hydrogen-bond acceptors (Lipinski definition) is 4. The summed E-state index contributed by atoms with van der Waals surface area (Å²) in [5.41, 5.74) is 0.625. The second kappa shape index (κ2) is 6.89. The number of aromatic nitrogens is 1. The van der Waals surface area contributed by atoms with Crippen molar-refractivity contribution in [1.29, 1.82) is 0 Å². The van der Waals surface area contributed by atoms with Crippen LogP contribution in [0.15, 0.2) is 35.8 Å². The summed E-state index contributed by atoms with van der Waals surface area (Å²) in [7, 11) is 0. The number of anilines is 1. The van der Waals surface area contributed by atoms with Crippen LogP contribution in [0, 0.1) is 0 Å². The van der Waals surface area contributed by atoms with Crippen molar-refractivity contribution in [2.45, 2.75) is 19.8 Å². The quantitative estimate of drug-likeness (QED) is 0.882. The number of thiophene rings is 1. The van der Waals surface area contributed by atoms with Crippen LogP contribution in [0.25, 0.3) is 0 Å². The maximum Gasteiger partial charge on any atom is 0.237 e. The lowest BCUT2D eigenvalue weighted by atomic mass is 10.2. The highest BCUT2D eigenvalue weighted by Gasteiger charge is 2.08. The Kier molecular flexibility index (Phi) is 4.92. The van der Waals surface area contributed by atoms with E-state index in [2.05, 4.69) is 10.3 Å². The number of carbonyl (C=O) groups excluding carboxylic acids is 1. The maximum atomic E-state index is 11.9. The minimum absolute atomic E-state index is 0.0256. The Hall–Kier alpha value is -1.88. The summed E-state index contributed by atoms with van der Waals surface area (Å²) in [5.74, 6) is 0.442. The number of hydrogen-bond donors (Lipinski definition) is 1. The van der Waals surface area contributed by atoms with Gasteiger partial charge in [0.05, 0.1) is 6.61 Å². The molecule has 0 saturated heterocycles. The predicted molar refractivity (Wildman–Crippen MR) is 76.7 cm³/mol. The molecule has 2 aromatic rings. The Bertz CT molecular complexity index is 526. The zero-order valence-electron chi connectivity index (χ0n) is 10.8. The van der Waals surface area contributed by atoms with Gasteiger partial charge < -0.3 is 10.1 Å². The molecule has 0 fully saturated rings. The molecule has 0 aliphatic rings. The summed E-state index contributed by atoms with van der Waals surface area (Å²) >= 11 is 1.67. The first-order chi connectivity index (χ1) is 9.29. The van der Waals surface area contributed by atoms with Gasteiger partial charge >= 0.3 is 0 Å². The summed E-state index contributed by atoms with van der Waals surface area (Å²) in [5, 5.41) is 4.85. The highest BCUT2D eigenvalue weighted by molar-refractivity contribution is 7.09. The summed E-state index contributed by atoms with van der Waals surface area (Å²) in [6.45, 7) is 2.41. The zero-order valence-corrected chi connectivity index (χ0v) is 11.6. The molecule has 0 spiro atoms. The van der Waals surface area contributed by atoms with E-state index in [4.69, 9.17) is 4.74 Å². The number of carbonyl (C=O) groups is 1. The molecule has 0 unspecified atom stereocenters. The molecule has 0 saturated carbocycles. The van der Waals surface area contributed by atoms with Gasteiger partial charge in [-0.25, -0.2) is 4.98 Å². The van der Waals surface area contributed by atoms with Crippen molar-refractivity contribution >= 4 is 22.9 Å². The van der Waals surface area contributed by atoms with Gasteiger partial charge in [-0.2, -0.15) is 0 Å². The minimum Gasteiger partial charge on any atom is -0.476 e. The lowest BCUT2D eigenvalue weighted by molar-refractivity contribution is -0.116. The molecule has 5 heteroatoms. The van der Waals surface area contributed by atoms with Gasteiger partial charge in [0, 0.05) is 17.5 Å². The second-order valence-electron chi connectivity index (χ2n) is 3.92. The van der Waals surface area contributed by atoms with Crippen LogP contribution < -0.4 is 10.1 Å². The van der Waals surface area contributed by atoms with Gasteiger partial charge in [0.2, 0.25) is 11.8 Å². The molecule has 1 N–H and O–H groups in total. The molecular weight excluding hydrogens is 260 g/mol. The van der Waals surface area contributed by atoms with Crippen LogP contribution in [-0.4, -0.2) is 17.5 Å². The van der Waals surface area contributed by atoms with Gasteiger partial charge in [0.25, 0.3) is 0 Å². The Morgan fingerprint density at radius 1 is 1.42 bits per heavy atom. The molecule has 2 heterocycles. The van der Waals surface area contributed by atoms with E-state index in [0.29, 0.717) is 24.6 Å². The second-order valence-corrected chi connectivity index (χ2v) is 4.95. The highest BCUT2D eigenvalue weighted by atomic mass is 32.1. The van der Waals surface area contributed by atoms with Crippen LogP contribution in [0.1, 0.15) is 18.2 Å². The number of ether oxygens (including phenoxy) is 1. The fraction of sp³-hybridized carbons (Fsp3) is 0.286. The van der Waals surface area contributed by atoms with Crippen LogP contribution in [0.4, 0.5) is 5.69 Å². The van der Waals surface area contributed by atoms with Crippen molar-refractivity contribution < 1.29 is 9.53 Å². The van der Waals surface area contributed by atoms with Gasteiger partial charge in [-0.3, -0.25) is 4.79 Å². The molecule has 19 heavy (non-hydrogen) atoms. The molecule has 2 rings (SSSR count). The molecule has 100 valence electrons. The van der Waals surface area contributed by atoms with E-state index in [-0.39, 0.29) is 5.91 Å². The van der Waals surface area contributed by atoms with E-state index in [0.717, 1.165) is 6.42 Å². The van der Waals surface area contributed by atoms with Crippen LogP contribution in [0.5, 0.6) is 5.88 Å². The van der Waals surface area contributed by atoms with E-state index in [1.165, 1.54) is 4.88 Å². The van der Waals surface area contributed by atoms with E-state index in [9.17, 15) is 4.79 Å². The predicted octanol–water partition coefficient (Wildman–Crippen LogP) is 3.11. The summed E-state index contributed by atoms with van der Waals surface area (Å²) < 4.78 is 5.36. The first-order valence-electron chi connectivity index (χ1n) is 6.19. The maximum absolute atomic E-state index is 11.9. The largest absolute Gasteiger partial charge is 0.476 e. The number of nitrogens with zero attached hydrogens (tertiary/aromatic N) is 1. The van der Waals surface area contributed by atoms with Crippen molar-refractivity contribution in [1.82, 2.24) is 4.98 Å². The van der Waals surface area contributed by atoms with Gasteiger partial charge in [0.15, 0.2) is 0 Å². The molecule has 2 aromatic heterocycles. The Labute approximate surface area is 116 Å². The number of pyridine rings is 1. The standard InChI is InChI=1S/C14H16N2O2S/c1-2-18-14-12(6-3-9-15-14)16-13(17)8-7-11-5-4-10-19-11/h3-6,9-10H,2,7-8H2,1H3,(H,16,17). The first-order valence-corrected chi connectivity index (χ1v) is 7.07. The Morgan fingerprint density at radius 3 is 3.05 bits per heavy atom. The summed E-state index contributed by atoms with van der Waals surface area (Å²) in [4.78, 5) is 17.2. The van der Waals surface area contributed by atoms with Crippen LogP contribution in [0.3, 0.4) is 0 Å². The van der Waals surface area contributed by atoms with E-state index in [1.807, 2.05) is 24.4 Å². The topological polar surface area (TPSA) is 51.2 Å². The molecule has 0 aromatic carbocycles. The zero-order chi connectivity index (χ0) is 13.5. The molecular formula is C14H16N2O2S. The van der Waals surface area contributed by atoms with Crippen molar-refractivity contribution in [3.8, 4) is 5.88 Å². The molecule has 1 amide bonds. The van der Waals surface area contributed by atoms with E-state index < -0.39 is 0 Å². The molecule has 0 aliphatic heterocycles. The average Bonchev–Trinajstić information content (AvgIpc) is 2.92. The lowest BCUT2D eigenvalue weighted by Gasteiger charge is -2.09. The Balaban J connectivity index is 1.91. The van der Waals surface area contributed by atoms with Gasteiger partial charge in [-0.05, 0) is 36.9 Å². The summed E-state index contributed by atoms with van der Waals surface area (Å²) in [6.07, 6.45) is 2.86. The monoisotopic (exact) mass is 276 g/mol. The van der Waals surface area contributed by atoms with Gasteiger partial charge in [-0.1, -0.05) is 6.07 Å². The van der Waals surface area contributed by atoms with Crippen LogP contribution >= 0.6 is 11.3 Å². The first kappa shape index (κ1) is 13.5. The van der Waals surface area contributed by atoms with Gasteiger partial charge in [-0.15, -0.1) is 11.3 Å². The number of rotatable bonds is 6. The lowest BCUT2D eigenvalue weighted by Crippen LogP contribution is -2.13. The number of aryl methyl sites for hydroxylation is 1. The molecule has 0 bridgehead atoms. The third kappa shape index (κ3) is 4.06. The number of amides is 1. The third-order valence-electron chi connectivity index (χ3n) is 2.50. The molecule has 4 nitrogen and oxygen atoms in total. The molecule has 0 aliphatic carbocycles. The van der Waals surface area contributed by atoms with Crippen molar-refractivity contribution in [3.05, 3.63) is 40.7 Å². The molecule has 0 radical (unpaired) electrons. The van der Waals surface area contributed by atoms with Gasteiger partial charge in [0.1, 0.15) is 5.69 Å². The van der Waals surface area contributed by atoms with Crippen molar-refractivity contribution in [2.24, 2.45) is 0 Å². The van der Waals surface area contributed by atoms with E-state index in [1.54, 1.807) is 29.7 Å². The van der Waals surface area contributed by atoms with E-state index >= 15 is 0 Å². The fourth-order valence-electron chi connectivity index (χ4n) is 1.64. The third-order valence-corrected chi connectivity index (χ3v) is 3.44. The van der Waals surface area contributed by atoms with Crippen molar-refractivity contribution in [2.75, 3.05) is 11.9 Å². The Morgan fingerprint density at radius 2 is 2.32 bits per heavy atom. The minimum atomic E-state index is -0.0256. The fourth-order valence-corrected chi connectivity index (χ4v) is 2.35. The summed E-state index contributed by atoms with van der Waals surface area (Å²) in [6, 6.07) is 7.60. The smallest absolute Gasteiger partial charge is 0.237 e. The van der Waals surface area contributed by atoms with Crippen molar-refractivity contribution in [3.63, 3.8) is 0 Å².